The molecule has 0 aliphatic heterocycles. The van der Waals surface area contributed by atoms with E-state index in [4.69, 9.17) is 4.74 Å². The van der Waals surface area contributed by atoms with Gasteiger partial charge in [-0.15, -0.1) is 0 Å². The lowest BCUT2D eigenvalue weighted by molar-refractivity contribution is -0.146. The van der Waals surface area contributed by atoms with E-state index in [2.05, 4.69) is 21.3 Å². The van der Waals surface area contributed by atoms with Crippen molar-refractivity contribution >= 4 is 41.0 Å². The molecule has 3 rings (SSSR count). The van der Waals surface area contributed by atoms with Crippen LogP contribution in [0.5, 0.6) is 0 Å². The summed E-state index contributed by atoms with van der Waals surface area (Å²) >= 11 is 0. The van der Waals surface area contributed by atoms with Crippen LogP contribution in [0.3, 0.4) is 0 Å². The number of amides is 4. The maximum atomic E-state index is 13.3. The second kappa shape index (κ2) is 14.5. The second-order valence-corrected chi connectivity index (χ2v) is 12.4. The molecule has 1 atom stereocenters. The Bertz CT molecular complexity index is 1470. The Hall–Kier alpha value is -4.99. The molecule has 0 unspecified atom stereocenters. The minimum Gasteiger partial charge on any atom is -0.461 e. The summed E-state index contributed by atoms with van der Waals surface area (Å²) in [7, 11) is 0. The summed E-state index contributed by atoms with van der Waals surface area (Å²) in [5.41, 5.74) is 1.30. The van der Waals surface area contributed by atoms with Gasteiger partial charge in [0, 0.05) is 33.5 Å². The molecule has 3 aromatic rings. The third kappa shape index (κ3) is 10.7. The van der Waals surface area contributed by atoms with Gasteiger partial charge in [-0.25, -0.2) is 0 Å². The third-order valence-corrected chi connectivity index (χ3v) is 6.22. The molecule has 10 nitrogen and oxygen atoms in total. The van der Waals surface area contributed by atoms with Crippen LogP contribution in [0.4, 0.5) is 11.4 Å². The zero-order valence-electron chi connectivity index (χ0n) is 25.9. The molecule has 44 heavy (non-hydrogen) atoms. The van der Waals surface area contributed by atoms with Crippen LogP contribution in [-0.4, -0.2) is 41.2 Å². The van der Waals surface area contributed by atoms with Gasteiger partial charge in [0.2, 0.25) is 11.8 Å². The number of anilines is 2. The zero-order valence-corrected chi connectivity index (χ0v) is 25.9. The summed E-state index contributed by atoms with van der Waals surface area (Å²) in [6.07, 6.45) is -0.420. The standard InChI is InChI=1S/C34H40N4O6/c1-33(2,3)32(43)36-26-18-12-23(13-19-26)29(40)37-27(20-28(39)44-21-22-10-8-7-9-11-22)31(42)35-25-16-14-24(15-17-25)30(41)38-34(4,5)6/h7-19,27H,20-21H2,1-6H3,(H,35,42)(H,36,43)(H,37,40)(H,38,41)/t27-/m0/s1. The SMILES string of the molecule is CC(C)(C)NC(=O)c1ccc(NC(=O)[C@H](CC(=O)OCc2ccccc2)NC(=O)c2ccc(NC(=O)C(C)(C)C)cc2)cc1. The molecule has 10 heteroatoms. The molecule has 0 radical (unpaired) electrons. The van der Waals surface area contributed by atoms with Crippen molar-refractivity contribution in [2.24, 2.45) is 5.41 Å². The van der Waals surface area contributed by atoms with Gasteiger partial charge in [-0.05, 0) is 74.9 Å². The van der Waals surface area contributed by atoms with E-state index in [-0.39, 0.29) is 24.0 Å². The van der Waals surface area contributed by atoms with Crippen molar-refractivity contribution < 1.29 is 28.7 Å². The van der Waals surface area contributed by atoms with Crippen molar-refractivity contribution in [3.8, 4) is 0 Å². The Balaban J connectivity index is 1.72. The highest BCUT2D eigenvalue weighted by atomic mass is 16.5. The molecule has 0 bridgehead atoms. The fourth-order valence-electron chi connectivity index (χ4n) is 3.79. The summed E-state index contributed by atoms with van der Waals surface area (Å²) in [5, 5.41) is 11.0. The topological polar surface area (TPSA) is 143 Å². The van der Waals surface area contributed by atoms with Crippen molar-refractivity contribution in [1.29, 1.82) is 0 Å². The molecule has 0 aliphatic carbocycles. The lowest BCUT2D eigenvalue weighted by Gasteiger charge is -2.21. The molecular weight excluding hydrogens is 560 g/mol. The summed E-state index contributed by atoms with van der Waals surface area (Å²) in [6, 6.07) is 20.3. The maximum absolute atomic E-state index is 13.3. The number of hydrogen-bond donors (Lipinski definition) is 4. The Labute approximate surface area is 258 Å². The number of benzene rings is 3. The van der Waals surface area contributed by atoms with Gasteiger partial charge in [0.15, 0.2) is 0 Å². The molecule has 0 spiro atoms. The summed E-state index contributed by atoms with van der Waals surface area (Å²) in [6.45, 7) is 11.0. The van der Waals surface area contributed by atoms with Crippen LogP contribution >= 0.6 is 0 Å². The molecule has 0 aliphatic rings. The average molecular weight is 601 g/mol. The molecule has 0 aromatic heterocycles. The Morgan fingerprint density at radius 1 is 0.682 bits per heavy atom. The quantitative estimate of drug-likeness (QED) is 0.239. The number of carbonyl (C=O) groups excluding carboxylic acids is 5. The predicted molar refractivity (Wildman–Crippen MR) is 169 cm³/mol. The molecule has 4 amide bonds. The van der Waals surface area contributed by atoms with E-state index in [9.17, 15) is 24.0 Å². The highest BCUT2D eigenvalue weighted by molar-refractivity contribution is 6.03. The fourth-order valence-corrected chi connectivity index (χ4v) is 3.79. The highest BCUT2D eigenvalue weighted by Crippen LogP contribution is 2.18. The minimum absolute atomic E-state index is 0.0157. The minimum atomic E-state index is -1.27. The van der Waals surface area contributed by atoms with Crippen molar-refractivity contribution in [2.75, 3.05) is 10.6 Å². The van der Waals surface area contributed by atoms with E-state index in [0.29, 0.717) is 16.9 Å². The van der Waals surface area contributed by atoms with Crippen LogP contribution < -0.4 is 21.3 Å². The van der Waals surface area contributed by atoms with Gasteiger partial charge in [0.1, 0.15) is 12.6 Å². The number of carbonyl (C=O) groups is 5. The van der Waals surface area contributed by atoms with E-state index in [0.717, 1.165) is 5.56 Å². The van der Waals surface area contributed by atoms with Gasteiger partial charge in [-0.3, -0.25) is 24.0 Å². The van der Waals surface area contributed by atoms with E-state index >= 15 is 0 Å². The molecule has 3 aromatic carbocycles. The van der Waals surface area contributed by atoms with Crippen LogP contribution in [0.25, 0.3) is 0 Å². The Morgan fingerprint density at radius 3 is 1.73 bits per heavy atom. The second-order valence-electron chi connectivity index (χ2n) is 12.4. The molecule has 232 valence electrons. The lowest BCUT2D eigenvalue weighted by Crippen LogP contribution is -2.45. The predicted octanol–water partition coefficient (Wildman–Crippen LogP) is 5.07. The van der Waals surface area contributed by atoms with E-state index in [1.807, 2.05) is 39.0 Å². The molecule has 0 heterocycles. The molecular formula is C34H40N4O6. The van der Waals surface area contributed by atoms with Gasteiger partial charge in [-0.2, -0.15) is 0 Å². The largest absolute Gasteiger partial charge is 0.461 e. The van der Waals surface area contributed by atoms with Crippen LogP contribution in [0, 0.1) is 5.41 Å². The van der Waals surface area contributed by atoms with Crippen molar-refractivity contribution in [3.05, 3.63) is 95.6 Å². The molecule has 0 saturated carbocycles. The van der Waals surface area contributed by atoms with Gasteiger partial charge < -0.3 is 26.0 Å². The number of hydrogen-bond acceptors (Lipinski definition) is 6. The average Bonchev–Trinajstić information content (AvgIpc) is 2.95. The van der Waals surface area contributed by atoms with Crippen molar-refractivity contribution in [3.63, 3.8) is 0 Å². The fraction of sp³-hybridized carbons (Fsp3) is 0.324. The van der Waals surface area contributed by atoms with E-state index < -0.39 is 41.2 Å². The monoisotopic (exact) mass is 600 g/mol. The first-order valence-electron chi connectivity index (χ1n) is 14.3. The van der Waals surface area contributed by atoms with Gasteiger partial charge >= 0.3 is 5.97 Å². The first kappa shape index (κ1) is 33.5. The third-order valence-electron chi connectivity index (χ3n) is 6.22. The highest BCUT2D eigenvalue weighted by Gasteiger charge is 2.26. The van der Waals surface area contributed by atoms with Crippen LogP contribution in [0.1, 0.15) is 74.2 Å². The number of ether oxygens (including phenoxy) is 1. The smallest absolute Gasteiger partial charge is 0.308 e. The summed E-state index contributed by atoms with van der Waals surface area (Å²) in [4.78, 5) is 63.9. The first-order valence-corrected chi connectivity index (χ1v) is 14.3. The number of rotatable bonds is 10. The van der Waals surface area contributed by atoms with Crippen LogP contribution in [0.15, 0.2) is 78.9 Å². The van der Waals surface area contributed by atoms with Crippen molar-refractivity contribution in [1.82, 2.24) is 10.6 Å². The zero-order chi connectivity index (χ0) is 32.5. The van der Waals surface area contributed by atoms with E-state index in [1.165, 1.54) is 12.1 Å². The number of nitrogens with one attached hydrogen (secondary N) is 4. The van der Waals surface area contributed by atoms with Gasteiger partial charge in [0.25, 0.3) is 11.8 Å². The van der Waals surface area contributed by atoms with Gasteiger partial charge in [0.05, 0.1) is 6.42 Å². The Morgan fingerprint density at radius 2 is 1.20 bits per heavy atom. The normalized spacial score (nSPS) is 12.0. The Kier molecular flexibility index (Phi) is 11.0. The molecule has 4 N–H and O–H groups in total. The molecule has 0 saturated heterocycles. The number of esters is 1. The van der Waals surface area contributed by atoms with E-state index in [1.54, 1.807) is 69.3 Å². The summed E-state index contributed by atoms with van der Waals surface area (Å²) < 4.78 is 5.35. The lowest BCUT2D eigenvalue weighted by atomic mass is 9.95. The van der Waals surface area contributed by atoms with Crippen LogP contribution in [0.2, 0.25) is 0 Å². The maximum Gasteiger partial charge on any atom is 0.308 e. The first-order chi connectivity index (χ1) is 20.6. The summed E-state index contributed by atoms with van der Waals surface area (Å²) in [5.74, 6) is -2.35. The van der Waals surface area contributed by atoms with Crippen LogP contribution in [-0.2, 0) is 25.7 Å². The van der Waals surface area contributed by atoms with Gasteiger partial charge in [-0.1, -0.05) is 51.1 Å². The molecule has 0 fully saturated rings. The van der Waals surface area contributed by atoms with Crippen molar-refractivity contribution in [2.45, 2.75) is 66.2 Å².